The second-order valence-corrected chi connectivity index (χ2v) is 1.31. The summed E-state index contributed by atoms with van der Waals surface area (Å²) in [6, 6.07) is 0. The monoisotopic (exact) mass is 80.1 g/mol. The van der Waals surface area contributed by atoms with Gasteiger partial charge in [-0.3, -0.25) is 0 Å². The molecule has 0 radical (unpaired) electrons. The van der Waals surface area contributed by atoms with Gasteiger partial charge in [-0.05, 0) is 0 Å². The Kier molecular flexibility index (Phi) is 4.72. The third kappa shape index (κ3) is 3.84. The first-order chi connectivity index (χ1) is 2.91. The van der Waals surface area contributed by atoms with Crippen molar-refractivity contribution in [3.63, 3.8) is 0 Å². The van der Waals surface area contributed by atoms with Gasteiger partial charge in [0.2, 0.25) is 0 Å². The van der Waals surface area contributed by atoms with E-state index in [4.69, 9.17) is 7.33 Å². The normalized spacial score (nSPS) is 7.83. The van der Waals surface area contributed by atoms with Crippen LogP contribution in [0.5, 0.6) is 0 Å². The van der Waals surface area contributed by atoms with E-state index in [9.17, 15) is 0 Å². The van der Waals surface area contributed by atoms with Gasteiger partial charge in [-0.25, -0.2) is 0 Å². The quantitative estimate of drug-likeness (QED) is 0.346. The number of rotatable bonds is 2. The van der Waals surface area contributed by atoms with Crippen LogP contribution in [0.25, 0.3) is 0 Å². The van der Waals surface area contributed by atoms with Gasteiger partial charge in [-0.2, -0.15) is 0 Å². The minimum atomic E-state index is 0.941. The van der Waals surface area contributed by atoms with Crippen molar-refractivity contribution >= 4 is 7.33 Å². The van der Waals surface area contributed by atoms with Gasteiger partial charge in [0.15, 0.2) is 0 Å². The molecule has 0 aromatic carbocycles. The molecule has 0 unspecified atom stereocenters. The summed E-state index contributed by atoms with van der Waals surface area (Å²) in [6.45, 7) is 2.14. The molecule has 1 heteroatoms. The molecule has 0 heterocycles. The van der Waals surface area contributed by atoms with Crippen LogP contribution >= 0.6 is 0 Å². The molecule has 0 bridgehead atoms. The van der Waals surface area contributed by atoms with E-state index in [0.717, 1.165) is 6.42 Å². The summed E-state index contributed by atoms with van der Waals surface area (Å²) >= 11 is 0. The van der Waals surface area contributed by atoms with Gasteiger partial charge in [0, 0.05) is 0 Å². The Morgan fingerprint density at radius 2 is 2.33 bits per heavy atom. The van der Waals surface area contributed by atoms with Crippen LogP contribution in [0.1, 0.15) is 26.2 Å². The summed E-state index contributed by atoms with van der Waals surface area (Å²) in [4.78, 5) is 0. The van der Waals surface area contributed by atoms with Gasteiger partial charge < -0.3 is 0 Å². The van der Waals surface area contributed by atoms with Crippen molar-refractivity contribution in [1.29, 1.82) is 0 Å². The molecular formula is C5H9B. The summed E-state index contributed by atoms with van der Waals surface area (Å²) in [5.41, 5.74) is 0. The van der Waals surface area contributed by atoms with Gasteiger partial charge >= 0.3 is 39.3 Å². The maximum atomic E-state index is 4.96. The fourth-order valence-electron chi connectivity index (χ4n) is 0.279. The summed E-state index contributed by atoms with van der Waals surface area (Å²) in [5.74, 6) is 2.57. The number of hydrogen-bond donors (Lipinski definition) is 0. The van der Waals surface area contributed by atoms with Crippen LogP contribution < -0.4 is 0 Å². The van der Waals surface area contributed by atoms with E-state index in [1.807, 2.05) is 0 Å². The third-order valence-electron chi connectivity index (χ3n) is 0.675. The SMILES string of the molecule is B#CCCCC. The van der Waals surface area contributed by atoms with E-state index in [-0.39, 0.29) is 0 Å². The molecule has 0 aromatic rings. The zero-order valence-electron chi connectivity index (χ0n) is 4.20. The zero-order chi connectivity index (χ0) is 4.83. The van der Waals surface area contributed by atoms with Crippen molar-refractivity contribution in [1.82, 2.24) is 0 Å². The summed E-state index contributed by atoms with van der Waals surface area (Å²) in [6.07, 6.45) is 3.33. The van der Waals surface area contributed by atoms with Gasteiger partial charge in [0.25, 0.3) is 0 Å². The molecule has 0 aliphatic carbocycles. The van der Waals surface area contributed by atoms with E-state index in [1.54, 1.807) is 0 Å². The third-order valence-corrected chi connectivity index (χ3v) is 0.675. The first-order valence-corrected chi connectivity index (χ1v) is 2.35. The van der Waals surface area contributed by atoms with Gasteiger partial charge in [0.1, 0.15) is 0 Å². The Morgan fingerprint density at radius 3 is 2.50 bits per heavy atom. The summed E-state index contributed by atoms with van der Waals surface area (Å²) in [7, 11) is 4.96. The van der Waals surface area contributed by atoms with Crippen molar-refractivity contribution in [3.05, 3.63) is 0 Å². The molecule has 0 rings (SSSR count). The molecule has 0 aromatic heterocycles. The predicted octanol–water partition coefficient (Wildman–Crippen LogP) is 1.30. The Labute approximate surface area is 40.3 Å². The van der Waals surface area contributed by atoms with E-state index >= 15 is 0 Å². The molecule has 0 N–H and O–H groups in total. The van der Waals surface area contributed by atoms with Crippen molar-refractivity contribution in [2.45, 2.75) is 26.2 Å². The minimum absolute atomic E-state index is 0.941. The molecule has 0 atom stereocenters. The van der Waals surface area contributed by atoms with Crippen LogP contribution in [0.3, 0.4) is 0 Å². The van der Waals surface area contributed by atoms with Crippen LogP contribution in [0.4, 0.5) is 0 Å². The van der Waals surface area contributed by atoms with Crippen molar-refractivity contribution < 1.29 is 0 Å². The van der Waals surface area contributed by atoms with E-state index in [0.29, 0.717) is 0 Å². The number of hydrogen-bond acceptors (Lipinski definition) is 0. The van der Waals surface area contributed by atoms with Crippen molar-refractivity contribution in [2.24, 2.45) is 0 Å². The van der Waals surface area contributed by atoms with Gasteiger partial charge in [-0.15, -0.1) is 0 Å². The fourth-order valence-corrected chi connectivity index (χ4v) is 0.279. The second kappa shape index (κ2) is 4.84. The Bertz CT molecular complexity index is 51.4. The molecule has 0 amide bonds. The van der Waals surface area contributed by atoms with Crippen LogP contribution in [0.15, 0.2) is 0 Å². The Balaban J connectivity index is 2.54. The van der Waals surface area contributed by atoms with Crippen LogP contribution in [0, 0.1) is 5.80 Å². The molecule has 0 saturated carbocycles. The van der Waals surface area contributed by atoms with Crippen LogP contribution in [-0.4, -0.2) is 7.33 Å². The van der Waals surface area contributed by atoms with E-state index in [2.05, 4.69) is 12.7 Å². The Hall–Kier alpha value is -0.155. The van der Waals surface area contributed by atoms with Crippen LogP contribution in [0.2, 0.25) is 0 Å². The molecule has 0 aliphatic rings. The molecule has 0 saturated heterocycles. The molecule has 0 aliphatic heterocycles. The molecule has 0 nitrogen and oxygen atoms in total. The first kappa shape index (κ1) is 5.84. The molecule has 32 valence electrons. The Morgan fingerprint density at radius 1 is 1.67 bits per heavy atom. The average Bonchev–Trinajstić information content (AvgIpc) is 1.61. The molecule has 6 heavy (non-hydrogen) atoms. The van der Waals surface area contributed by atoms with E-state index in [1.165, 1.54) is 12.8 Å². The molecule has 0 spiro atoms. The standard InChI is InChI=1S/C5H9B/c1-2-3-4-5-6/h2-4H2,1H3. The number of unbranched alkanes of at least 4 members (excludes halogenated alkanes) is 2. The topological polar surface area (TPSA) is 0 Å². The van der Waals surface area contributed by atoms with Crippen molar-refractivity contribution in [2.75, 3.05) is 0 Å². The average molecular weight is 79.9 g/mol. The van der Waals surface area contributed by atoms with Crippen molar-refractivity contribution in [3.8, 4) is 5.80 Å². The maximum absolute atomic E-state index is 4.96. The van der Waals surface area contributed by atoms with E-state index < -0.39 is 0 Å². The van der Waals surface area contributed by atoms with Gasteiger partial charge in [-0.1, -0.05) is 0 Å². The van der Waals surface area contributed by atoms with Crippen LogP contribution in [-0.2, 0) is 0 Å². The summed E-state index contributed by atoms with van der Waals surface area (Å²) < 4.78 is 0. The molecular weight excluding hydrogens is 70.9 g/mol. The summed E-state index contributed by atoms with van der Waals surface area (Å²) in [5, 5.41) is 0. The molecule has 0 fully saturated rings. The fraction of sp³-hybridized carbons (Fsp3) is 0.800. The first-order valence-electron chi connectivity index (χ1n) is 2.35. The predicted molar refractivity (Wildman–Crippen MR) is 29.2 cm³/mol. The zero-order valence-corrected chi connectivity index (χ0v) is 4.20. The second-order valence-electron chi connectivity index (χ2n) is 1.31. The van der Waals surface area contributed by atoms with Gasteiger partial charge in [0.05, 0.1) is 0 Å².